The van der Waals surface area contributed by atoms with Gasteiger partial charge in [-0.3, -0.25) is 0 Å². The summed E-state index contributed by atoms with van der Waals surface area (Å²) < 4.78 is 26.2. The van der Waals surface area contributed by atoms with Gasteiger partial charge >= 0.3 is 0 Å². The van der Waals surface area contributed by atoms with Gasteiger partial charge in [0.05, 0.1) is 16.8 Å². The van der Waals surface area contributed by atoms with E-state index in [1.165, 1.54) is 0 Å². The third-order valence-corrected chi connectivity index (χ3v) is 4.25. The summed E-state index contributed by atoms with van der Waals surface area (Å²) in [5.74, 6) is 0.0378. The van der Waals surface area contributed by atoms with Gasteiger partial charge in [-0.25, -0.2) is 13.1 Å². The van der Waals surface area contributed by atoms with E-state index in [0.29, 0.717) is 12.8 Å². The highest BCUT2D eigenvalue weighted by Crippen LogP contribution is 2.03. The summed E-state index contributed by atoms with van der Waals surface area (Å²) in [5, 5.41) is 0. The summed E-state index contributed by atoms with van der Waals surface area (Å²) in [5.41, 5.74) is 6.46. The summed E-state index contributed by atoms with van der Waals surface area (Å²) in [6.45, 7) is 1.84. The number of thiocarbonyl (C=S) groups is 1. The first-order valence-corrected chi connectivity index (χ1v) is 7.84. The first-order chi connectivity index (χ1) is 8.44. The zero-order valence-electron chi connectivity index (χ0n) is 10.3. The van der Waals surface area contributed by atoms with E-state index >= 15 is 0 Å². The molecule has 18 heavy (non-hydrogen) atoms. The predicted octanol–water partition coefficient (Wildman–Crippen LogP) is 1.21. The second-order valence-corrected chi connectivity index (χ2v) is 6.38. The maximum Gasteiger partial charge on any atom is 0.212 e. The SMILES string of the molecule is CCC(NS(=O)(=O)CCc1ccccc1)C(N)=S. The lowest BCUT2D eigenvalue weighted by molar-refractivity contribution is 0.572. The van der Waals surface area contributed by atoms with Crippen LogP contribution in [0.5, 0.6) is 0 Å². The van der Waals surface area contributed by atoms with Gasteiger partial charge in [0.2, 0.25) is 10.0 Å². The maximum absolute atomic E-state index is 11.9. The summed E-state index contributed by atoms with van der Waals surface area (Å²) >= 11 is 4.81. The predicted molar refractivity (Wildman–Crippen MR) is 77.9 cm³/mol. The molecule has 1 unspecified atom stereocenters. The number of hydrogen-bond acceptors (Lipinski definition) is 3. The maximum atomic E-state index is 11.9. The molecular weight excluding hydrogens is 268 g/mol. The van der Waals surface area contributed by atoms with E-state index in [1.807, 2.05) is 37.3 Å². The Hall–Kier alpha value is -0.980. The average molecular weight is 286 g/mol. The molecular formula is C12H18N2O2S2. The van der Waals surface area contributed by atoms with Gasteiger partial charge in [0.15, 0.2) is 0 Å². The molecule has 100 valence electrons. The second-order valence-electron chi connectivity index (χ2n) is 4.04. The van der Waals surface area contributed by atoms with Gasteiger partial charge in [0.25, 0.3) is 0 Å². The van der Waals surface area contributed by atoms with Crippen LogP contribution in [0.15, 0.2) is 30.3 Å². The van der Waals surface area contributed by atoms with Crippen molar-refractivity contribution < 1.29 is 8.42 Å². The van der Waals surface area contributed by atoms with Crippen molar-refractivity contribution >= 4 is 27.2 Å². The third kappa shape index (κ3) is 5.12. The van der Waals surface area contributed by atoms with Gasteiger partial charge in [-0.15, -0.1) is 0 Å². The van der Waals surface area contributed by atoms with Crippen LogP contribution in [-0.2, 0) is 16.4 Å². The topological polar surface area (TPSA) is 72.2 Å². The summed E-state index contributed by atoms with van der Waals surface area (Å²) in [4.78, 5) is 0.181. The fourth-order valence-corrected chi connectivity index (χ4v) is 3.16. The molecule has 0 fully saturated rings. The minimum atomic E-state index is -3.35. The van der Waals surface area contributed by atoms with Crippen LogP contribution in [-0.4, -0.2) is 25.2 Å². The van der Waals surface area contributed by atoms with Crippen molar-refractivity contribution in [3.8, 4) is 0 Å². The van der Waals surface area contributed by atoms with E-state index in [9.17, 15) is 8.42 Å². The van der Waals surface area contributed by atoms with Gasteiger partial charge in [0, 0.05) is 0 Å². The van der Waals surface area contributed by atoms with Gasteiger partial charge in [0.1, 0.15) is 0 Å². The number of sulfonamides is 1. The van der Waals surface area contributed by atoms with Crippen LogP contribution in [0.1, 0.15) is 18.9 Å². The minimum absolute atomic E-state index is 0.0378. The van der Waals surface area contributed by atoms with Crippen molar-refractivity contribution in [2.24, 2.45) is 5.73 Å². The molecule has 1 atom stereocenters. The lowest BCUT2D eigenvalue weighted by Gasteiger charge is -2.15. The molecule has 0 bridgehead atoms. The molecule has 0 amide bonds. The van der Waals surface area contributed by atoms with E-state index in [-0.39, 0.29) is 10.7 Å². The normalized spacial score (nSPS) is 13.2. The van der Waals surface area contributed by atoms with Crippen LogP contribution in [0.25, 0.3) is 0 Å². The quantitative estimate of drug-likeness (QED) is 0.739. The summed E-state index contributed by atoms with van der Waals surface area (Å²) in [7, 11) is -3.35. The Kier molecular flexibility index (Phi) is 5.71. The van der Waals surface area contributed by atoms with E-state index < -0.39 is 16.1 Å². The smallest absolute Gasteiger partial charge is 0.212 e. The first kappa shape index (κ1) is 15.1. The number of nitrogens with one attached hydrogen (secondary N) is 1. The van der Waals surface area contributed by atoms with Crippen LogP contribution in [0.4, 0.5) is 0 Å². The van der Waals surface area contributed by atoms with Crippen molar-refractivity contribution in [1.29, 1.82) is 0 Å². The molecule has 0 spiro atoms. The van der Waals surface area contributed by atoms with Crippen molar-refractivity contribution in [3.05, 3.63) is 35.9 Å². The highest BCUT2D eigenvalue weighted by Gasteiger charge is 2.18. The Bertz CT molecular complexity index is 486. The Morgan fingerprint density at radius 3 is 2.50 bits per heavy atom. The van der Waals surface area contributed by atoms with Crippen molar-refractivity contribution in [2.45, 2.75) is 25.8 Å². The largest absolute Gasteiger partial charge is 0.392 e. The van der Waals surface area contributed by atoms with Gasteiger partial charge < -0.3 is 5.73 Å². The lowest BCUT2D eigenvalue weighted by Crippen LogP contribution is -2.44. The molecule has 1 aromatic carbocycles. The van der Waals surface area contributed by atoms with Crippen molar-refractivity contribution in [3.63, 3.8) is 0 Å². The van der Waals surface area contributed by atoms with Crippen LogP contribution in [0.2, 0.25) is 0 Å². The standard InChI is InChI=1S/C12H18N2O2S2/c1-2-11(12(13)17)14-18(15,16)9-8-10-6-4-3-5-7-10/h3-7,11,14H,2,8-9H2,1H3,(H2,13,17). The summed E-state index contributed by atoms with van der Waals surface area (Å²) in [6, 6.07) is 9.02. The molecule has 1 aromatic rings. The molecule has 0 aliphatic rings. The molecule has 6 heteroatoms. The molecule has 0 saturated carbocycles. The molecule has 0 aliphatic carbocycles. The van der Waals surface area contributed by atoms with Crippen molar-refractivity contribution in [2.75, 3.05) is 5.75 Å². The van der Waals surface area contributed by atoms with Gasteiger partial charge in [-0.1, -0.05) is 49.5 Å². The number of benzene rings is 1. The Morgan fingerprint density at radius 1 is 1.39 bits per heavy atom. The fourth-order valence-electron chi connectivity index (χ4n) is 1.52. The number of nitrogens with two attached hydrogens (primary N) is 1. The molecule has 0 aromatic heterocycles. The molecule has 3 N–H and O–H groups in total. The summed E-state index contributed by atoms with van der Waals surface area (Å²) in [6.07, 6.45) is 1.03. The minimum Gasteiger partial charge on any atom is -0.392 e. The Balaban J connectivity index is 2.57. The van der Waals surface area contributed by atoms with Crippen molar-refractivity contribution in [1.82, 2.24) is 4.72 Å². The zero-order valence-corrected chi connectivity index (χ0v) is 11.9. The average Bonchev–Trinajstić information content (AvgIpc) is 2.35. The van der Waals surface area contributed by atoms with Gasteiger partial charge in [-0.05, 0) is 18.4 Å². The Morgan fingerprint density at radius 2 is 2.00 bits per heavy atom. The highest BCUT2D eigenvalue weighted by atomic mass is 32.2. The van der Waals surface area contributed by atoms with E-state index in [1.54, 1.807) is 0 Å². The number of hydrogen-bond donors (Lipinski definition) is 2. The first-order valence-electron chi connectivity index (χ1n) is 5.78. The molecule has 0 saturated heterocycles. The van der Waals surface area contributed by atoms with Gasteiger partial charge in [-0.2, -0.15) is 0 Å². The number of aryl methyl sites for hydroxylation is 1. The second kappa shape index (κ2) is 6.82. The molecule has 0 aliphatic heterocycles. The van der Waals surface area contributed by atoms with E-state index in [2.05, 4.69) is 4.72 Å². The Labute approximate surface area is 114 Å². The monoisotopic (exact) mass is 286 g/mol. The van der Waals surface area contributed by atoms with Crippen LogP contribution >= 0.6 is 12.2 Å². The molecule has 0 heterocycles. The number of rotatable bonds is 7. The molecule has 4 nitrogen and oxygen atoms in total. The third-order valence-electron chi connectivity index (χ3n) is 2.58. The van der Waals surface area contributed by atoms with Crippen LogP contribution in [0, 0.1) is 0 Å². The van der Waals surface area contributed by atoms with Crippen LogP contribution in [0.3, 0.4) is 0 Å². The van der Waals surface area contributed by atoms with Crippen LogP contribution < -0.4 is 10.5 Å². The molecule has 0 radical (unpaired) electrons. The van der Waals surface area contributed by atoms with E-state index in [0.717, 1.165) is 5.56 Å². The van der Waals surface area contributed by atoms with E-state index in [4.69, 9.17) is 18.0 Å². The highest BCUT2D eigenvalue weighted by molar-refractivity contribution is 7.89. The fraction of sp³-hybridized carbons (Fsp3) is 0.417. The lowest BCUT2D eigenvalue weighted by atomic mass is 10.2. The molecule has 1 rings (SSSR count). The zero-order chi connectivity index (χ0) is 13.6.